The fourth-order valence-electron chi connectivity index (χ4n) is 2.68. The molecule has 0 aliphatic carbocycles. The molecule has 0 bridgehead atoms. The van der Waals surface area contributed by atoms with Crippen molar-refractivity contribution in [2.45, 2.75) is 20.0 Å². The van der Waals surface area contributed by atoms with Gasteiger partial charge in [0.15, 0.2) is 0 Å². The number of aromatic nitrogens is 1. The van der Waals surface area contributed by atoms with Gasteiger partial charge in [0.25, 0.3) is 0 Å². The van der Waals surface area contributed by atoms with Crippen LogP contribution < -0.4 is 9.47 Å². The predicted octanol–water partition coefficient (Wildman–Crippen LogP) is 6.12. The number of hydrogen-bond donors (Lipinski definition) is 1. The van der Waals surface area contributed by atoms with E-state index >= 15 is 0 Å². The van der Waals surface area contributed by atoms with Gasteiger partial charge in [-0.2, -0.15) is 0 Å². The smallest absolute Gasteiger partial charge is 0.337 e. The van der Waals surface area contributed by atoms with Gasteiger partial charge in [0.2, 0.25) is 0 Å². The van der Waals surface area contributed by atoms with E-state index in [-0.39, 0.29) is 12.2 Å². The van der Waals surface area contributed by atoms with Crippen molar-refractivity contribution in [3.05, 3.63) is 75.9 Å². The molecule has 0 fully saturated rings. The van der Waals surface area contributed by atoms with E-state index in [1.807, 2.05) is 6.92 Å². The van der Waals surface area contributed by atoms with Crippen LogP contribution in [-0.4, -0.2) is 22.7 Å². The minimum atomic E-state index is -1.07. The highest BCUT2D eigenvalue weighted by atomic mass is 35.5. The lowest BCUT2D eigenvalue weighted by Gasteiger charge is -2.14. The number of carbonyl (C=O) groups is 1. The minimum Gasteiger partial charge on any atom is -0.493 e. The molecule has 0 atom stereocenters. The summed E-state index contributed by atoms with van der Waals surface area (Å²) in [5.41, 5.74) is 1.69. The van der Waals surface area contributed by atoms with Crippen molar-refractivity contribution in [2.24, 2.45) is 0 Å². The van der Waals surface area contributed by atoms with Crippen molar-refractivity contribution in [1.82, 2.24) is 4.98 Å². The third kappa shape index (κ3) is 5.40. The summed E-state index contributed by atoms with van der Waals surface area (Å²) >= 11 is 12.0. The Kier molecular flexibility index (Phi) is 6.96. The maximum Gasteiger partial charge on any atom is 0.337 e. The van der Waals surface area contributed by atoms with E-state index in [0.29, 0.717) is 39.5 Å². The first kappa shape index (κ1) is 21.0. The summed E-state index contributed by atoms with van der Waals surface area (Å²) in [6, 6.07) is 15.3. The fraction of sp³-hybridized carbons (Fsp3) is 0.182. The monoisotopic (exact) mass is 431 g/mol. The van der Waals surface area contributed by atoms with Crippen LogP contribution in [-0.2, 0) is 6.61 Å². The maximum atomic E-state index is 11.6. The Labute approximate surface area is 178 Å². The summed E-state index contributed by atoms with van der Waals surface area (Å²) in [6.07, 6.45) is 0.845. The largest absolute Gasteiger partial charge is 0.493 e. The number of benzene rings is 2. The first-order valence-electron chi connectivity index (χ1n) is 9.02. The van der Waals surface area contributed by atoms with Gasteiger partial charge in [0.05, 0.1) is 23.6 Å². The highest BCUT2D eigenvalue weighted by molar-refractivity contribution is 6.31. The number of pyridine rings is 1. The van der Waals surface area contributed by atoms with E-state index in [2.05, 4.69) is 4.98 Å². The lowest BCUT2D eigenvalue weighted by Crippen LogP contribution is -2.09. The molecular weight excluding hydrogens is 413 g/mol. The lowest BCUT2D eigenvalue weighted by molar-refractivity contribution is 0.0693. The zero-order valence-electron chi connectivity index (χ0n) is 15.7. The summed E-state index contributed by atoms with van der Waals surface area (Å²) in [5.74, 6) is 0.0909. The molecule has 1 heterocycles. The molecule has 0 aliphatic rings. The third-order valence-electron chi connectivity index (χ3n) is 4.08. The van der Waals surface area contributed by atoms with Gasteiger partial charge in [-0.1, -0.05) is 30.1 Å². The van der Waals surface area contributed by atoms with Crippen LogP contribution >= 0.6 is 23.2 Å². The van der Waals surface area contributed by atoms with Crippen molar-refractivity contribution in [3.8, 4) is 22.8 Å². The quantitative estimate of drug-likeness (QED) is 0.464. The van der Waals surface area contributed by atoms with Gasteiger partial charge < -0.3 is 14.6 Å². The number of aromatic carboxylic acids is 1. The standard InChI is InChI=1S/C22H19Cl2NO4/c1-2-11-28-21-12-15(24)5-8-17(21)19-10-9-18(22(26)27)20(25-19)13-29-16-6-3-14(23)4-7-16/h3-10,12H,2,11,13H2,1H3,(H,26,27). The van der Waals surface area contributed by atoms with Crippen LogP contribution in [0.4, 0.5) is 0 Å². The molecule has 5 nitrogen and oxygen atoms in total. The summed E-state index contributed by atoms with van der Waals surface area (Å²) in [5, 5.41) is 10.7. The second-order valence-corrected chi connectivity index (χ2v) is 7.10. The average Bonchev–Trinajstić information content (AvgIpc) is 2.71. The van der Waals surface area contributed by atoms with Gasteiger partial charge in [0, 0.05) is 15.6 Å². The number of rotatable bonds is 8. The topological polar surface area (TPSA) is 68.7 Å². The Balaban J connectivity index is 1.94. The number of carboxylic acid groups (broad SMARTS) is 1. The molecule has 1 N–H and O–H groups in total. The number of carboxylic acids is 1. The second-order valence-electron chi connectivity index (χ2n) is 6.23. The van der Waals surface area contributed by atoms with Crippen molar-refractivity contribution >= 4 is 29.2 Å². The molecule has 0 saturated carbocycles. The molecule has 0 radical (unpaired) electrons. The Bertz CT molecular complexity index is 1010. The average molecular weight is 432 g/mol. The Morgan fingerprint density at radius 3 is 2.41 bits per heavy atom. The molecule has 7 heteroatoms. The van der Waals surface area contributed by atoms with Gasteiger partial charge in [-0.05, 0) is 61.0 Å². The van der Waals surface area contributed by atoms with Crippen LogP contribution in [0, 0.1) is 0 Å². The summed E-state index contributed by atoms with van der Waals surface area (Å²) < 4.78 is 11.5. The molecule has 0 amide bonds. The molecule has 3 aromatic rings. The highest BCUT2D eigenvalue weighted by Gasteiger charge is 2.16. The van der Waals surface area contributed by atoms with E-state index in [1.165, 1.54) is 6.07 Å². The van der Waals surface area contributed by atoms with Gasteiger partial charge in [0.1, 0.15) is 18.1 Å². The van der Waals surface area contributed by atoms with E-state index in [0.717, 1.165) is 12.0 Å². The van der Waals surface area contributed by atoms with Crippen molar-refractivity contribution in [3.63, 3.8) is 0 Å². The normalized spacial score (nSPS) is 10.6. The van der Waals surface area contributed by atoms with Gasteiger partial charge in [-0.25, -0.2) is 9.78 Å². The summed E-state index contributed by atoms with van der Waals surface area (Å²) in [4.78, 5) is 16.2. The Morgan fingerprint density at radius 1 is 1.00 bits per heavy atom. The molecule has 2 aromatic carbocycles. The molecule has 1 aromatic heterocycles. The minimum absolute atomic E-state index is 0.00412. The van der Waals surface area contributed by atoms with Crippen LogP contribution in [0.15, 0.2) is 54.6 Å². The molecule has 0 unspecified atom stereocenters. The number of halogens is 2. The Morgan fingerprint density at radius 2 is 1.72 bits per heavy atom. The molecule has 29 heavy (non-hydrogen) atoms. The molecule has 0 saturated heterocycles. The SMILES string of the molecule is CCCOc1cc(Cl)ccc1-c1ccc(C(=O)O)c(COc2ccc(Cl)cc2)n1. The van der Waals surface area contributed by atoms with Crippen LogP contribution in [0.1, 0.15) is 29.4 Å². The molecule has 150 valence electrons. The van der Waals surface area contributed by atoms with Crippen LogP contribution in [0.3, 0.4) is 0 Å². The third-order valence-corrected chi connectivity index (χ3v) is 4.56. The summed E-state index contributed by atoms with van der Waals surface area (Å²) in [6.45, 7) is 2.54. The van der Waals surface area contributed by atoms with Crippen molar-refractivity contribution < 1.29 is 19.4 Å². The van der Waals surface area contributed by atoms with E-state index in [9.17, 15) is 9.90 Å². The van der Waals surface area contributed by atoms with Gasteiger partial charge >= 0.3 is 5.97 Å². The maximum absolute atomic E-state index is 11.6. The van der Waals surface area contributed by atoms with Crippen LogP contribution in [0.2, 0.25) is 10.0 Å². The second kappa shape index (κ2) is 9.63. The Hall–Kier alpha value is -2.76. The molecular formula is C22H19Cl2NO4. The van der Waals surface area contributed by atoms with Crippen LogP contribution in [0.5, 0.6) is 11.5 Å². The zero-order chi connectivity index (χ0) is 20.8. The van der Waals surface area contributed by atoms with Gasteiger partial charge in [-0.15, -0.1) is 0 Å². The van der Waals surface area contributed by atoms with E-state index in [4.69, 9.17) is 32.7 Å². The number of ether oxygens (including phenoxy) is 2. The number of nitrogens with zero attached hydrogens (tertiary/aromatic N) is 1. The van der Waals surface area contributed by atoms with Crippen molar-refractivity contribution in [2.75, 3.05) is 6.61 Å². The van der Waals surface area contributed by atoms with Crippen LogP contribution in [0.25, 0.3) is 11.3 Å². The molecule has 0 aliphatic heterocycles. The van der Waals surface area contributed by atoms with E-state index < -0.39 is 5.97 Å². The van der Waals surface area contributed by atoms with E-state index in [1.54, 1.807) is 48.5 Å². The number of hydrogen-bond acceptors (Lipinski definition) is 4. The van der Waals surface area contributed by atoms with Gasteiger partial charge in [-0.3, -0.25) is 0 Å². The molecule has 3 rings (SSSR count). The predicted molar refractivity (Wildman–Crippen MR) is 113 cm³/mol. The first-order valence-corrected chi connectivity index (χ1v) is 9.78. The molecule has 0 spiro atoms. The lowest BCUT2D eigenvalue weighted by atomic mass is 10.1. The summed E-state index contributed by atoms with van der Waals surface area (Å²) in [7, 11) is 0. The zero-order valence-corrected chi connectivity index (χ0v) is 17.2. The highest BCUT2D eigenvalue weighted by Crippen LogP contribution is 2.32. The first-order chi connectivity index (χ1) is 14.0. The van der Waals surface area contributed by atoms with Crippen molar-refractivity contribution in [1.29, 1.82) is 0 Å². The fourth-order valence-corrected chi connectivity index (χ4v) is 2.97.